The molecule has 0 radical (unpaired) electrons. The topological polar surface area (TPSA) is 29.3 Å². The van der Waals surface area contributed by atoms with Gasteiger partial charge in [0.1, 0.15) is 0 Å². The summed E-state index contributed by atoms with van der Waals surface area (Å²) >= 11 is 0. The Hall–Kier alpha value is -0.0800. The van der Waals surface area contributed by atoms with Gasteiger partial charge in [0.05, 0.1) is 0 Å². The molecule has 0 aliphatic carbocycles. The third-order valence-electron chi connectivity index (χ3n) is 3.29. The first-order valence-corrected chi connectivity index (χ1v) is 4.98. The van der Waals surface area contributed by atoms with Crippen LogP contribution in [-0.4, -0.2) is 31.1 Å². The third kappa shape index (κ3) is 2.20. The van der Waals surface area contributed by atoms with Gasteiger partial charge in [0.15, 0.2) is 0 Å². The van der Waals surface area contributed by atoms with Crippen molar-refractivity contribution in [3.05, 3.63) is 0 Å². The van der Waals surface area contributed by atoms with Gasteiger partial charge in [0.25, 0.3) is 0 Å². The molecule has 0 amide bonds. The van der Waals surface area contributed by atoms with Crippen molar-refractivity contribution in [2.45, 2.75) is 27.2 Å². The van der Waals surface area contributed by atoms with E-state index in [2.05, 4.69) is 25.7 Å². The standard InChI is InChI=1S/C10H22N2/c1-9-4-6-12(7-5-11)8-10(9,2)3/h9H,4-8,11H2,1-3H3. The van der Waals surface area contributed by atoms with E-state index in [0.717, 1.165) is 19.0 Å². The van der Waals surface area contributed by atoms with E-state index >= 15 is 0 Å². The number of hydrogen-bond acceptors (Lipinski definition) is 2. The molecule has 2 heteroatoms. The SMILES string of the molecule is CC1CCN(CCN)CC1(C)C. The van der Waals surface area contributed by atoms with E-state index in [4.69, 9.17) is 5.73 Å². The lowest BCUT2D eigenvalue weighted by atomic mass is 9.75. The van der Waals surface area contributed by atoms with E-state index in [0.29, 0.717) is 5.41 Å². The molecule has 2 N–H and O–H groups in total. The fourth-order valence-corrected chi connectivity index (χ4v) is 1.95. The monoisotopic (exact) mass is 170 g/mol. The first kappa shape index (κ1) is 10.0. The Labute approximate surface area is 76.1 Å². The molecule has 2 nitrogen and oxygen atoms in total. The van der Waals surface area contributed by atoms with Crippen LogP contribution in [0.3, 0.4) is 0 Å². The molecule has 0 aromatic rings. The van der Waals surface area contributed by atoms with Gasteiger partial charge in [-0.3, -0.25) is 0 Å². The van der Waals surface area contributed by atoms with E-state index in [1.165, 1.54) is 19.5 Å². The van der Waals surface area contributed by atoms with Crippen LogP contribution in [0.5, 0.6) is 0 Å². The molecule has 0 saturated carbocycles. The van der Waals surface area contributed by atoms with Crippen LogP contribution in [0.2, 0.25) is 0 Å². The van der Waals surface area contributed by atoms with Crippen LogP contribution in [-0.2, 0) is 0 Å². The van der Waals surface area contributed by atoms with Crippen LogP contribution in [0.15, 0.2) is 0 Å². The lowest BCUT2D eigenvalue weighted by Crippen LogP contribution is -2.46. The summed E-state index contributed by atoms with van der Waals surface area (Å²) in [5, 5.41) is 0. The highest BCUT2D eigenvalue weighted by Crippen LogP contribution is 2.33. The molecule has 1 unspecified atom stereocenters. The normalized spacial score (nSPS) is 30.5. The Bertz CT molecular complexity index is 143. The predicted molar refractivity (Wildman–Crippen MR) is 53.1 cm³/mol. The fraction of sp³-hybridized carbons (Fsp3) is 1.00. The Morgan fingerprint density at radius 3 is 2.67 bits per heavy atom. The maximum absolute atomic E-state index is 5.54. The van der Waals surface area contributed by atoms with E-state index in [-0.39, 0.29) is 0 Å². The molecule has 72 valence electrons. The largest absolute Gasteiger partial charge is 0.329 e. The molecular weight excluding hydrogens is 148 g/mol. The van der Waals surface area contributed by atoms with Gasteiger partial charge in [-0.1, -0.05) is 20.8 Å². The minimum Gasteiger partial charge on any atom is -0.329 e. The van der Waals surface area contributed by atoms with Gasteiger partial charge in [0.2, 0.25) is 0 Å². The zero-order chi connectivity index (χ0) is 9.19. The molecule has 1 fully saturated rings. The molecule has 0 bridgehead atoms. The molecule has 1 saturated heterocycles. The zero-order valence-corrected chi connectivity index (χ0v) is 8.64. The summed E-state index contributed by atoms with van der Waals surface area (Å²) in [6, 6.07) is 0. The molecule has 1 rings (SSSR count). The first-order valence-electron chi connectivity index (χ1n) is 4.98. The highest BCUT2D eigenvalue weighted by Gasteiger charge is 2.32. The van der Waals surface area contributed by atoms with Crippen molar-refractivity contribution in [3.63, 3.8) is 0 Å². The smallest absolute Gasteiger partial charge is 0.0105 e. The zero-order valence-electron chi connectivity index (χ0n) is 8.64. The van der Waals surface area contributed by atoms with Crippen molar-refractivity contribution in [2.24, 2.45) is 17.1 Å². The fourth-order valence-electron chi connectivity index (χ4n) is 1.95. The quantitative estimate of drug-likeness (QED) is 0.677. The second-order valence-corrected chi connectivity index (χ2v) is 4.74. The molecule has 1 atom stereocenters. The average Bonchev–Trinajstić information content (AvgIpc) is 1.97. The molecule has 1 heterocycles. The van der Waals surface area contributed by atoms with Crippen molar-refractivity contribution >= 4 is 0 Å². The predicted octanol–water partition coefficient (Wildman–Crippen LogP) is 1.31. The van der Waals surface area contributed by atoms with Crippen molar-refractivity contribution in [1.29, 1.82) is 0 Å². The van der Waals surface area contributed by atoms with Gasteiger partial charge in [-0.15, -0.1) is 0 Å². The van der Waals surface area contributed by atoms with Crippen molar-refractivity contribution in [3.8, 4) is 0 Å². The number of hydrogen-bond donors (Lipinski definition) is 1. The average molecular weight is 170 g/mol. The summed E-state index contributed by atoms with van der Waals surface area (Å²) in [6.45, 7) is 11.4. The first-order chi connectivity index (χ1) is 5.56. The number of piperidine rings is 1. The summed E-state index contributed by atoms with van der Waals surface area (Å²) in [5.74, 6) is 0.853. The van der Waals surface area contributed by atoms with Crippen LogP contribution in [0.4, 0.5) is 0 Å². The van der Waals surface area contributed by atoms with Crippen LogP contribution in [0.25, 0.3) is 0 Å². The molecule has 1 aliphatic heterocycles. The summed E-state index contributed by atoms with van der Waals surface area (Å²) in [4.78, 5) is 2.49. The summed E-state index contributed by atoms with van der Waals surface area (Å²) < 4.78 is 0. The molecule has 0 aromatic heterocycles. The third-order valence-corrected chi connectivity index (χ3v) is 3.29. The van der Waals surface area contributed by atoms with Crippen LogP contribution in [0, 0.1) is 11.3 Å². The highest BCUT2D eigenvalue weighted by molar-refractivity contribution is 4.84. The number of nitrogens with two attached hydrogens (primary N) is 1. The molecule has 12 heavy (non-hydrogen) atoms. The Balaban J connectivity index is 2.45. The van der Waals surface area contributed by atoms with Crippen LogP contribution >= 0.6 is 0 Å². The van der Waals surface area contributed by atoms with Crippen molar-refractivity contribution in [2.75, 3.05) is 26.2 Å². The van der Waals surface area contributed by atoms with Gasteiger partial charge in [0, 0.05) is 19.6 Å². The van der Waals surface area contributed by atoms with E-state index < -0.39 is 0 Å². The van der Waals surface area contributed by atoms with Crippen molar-refractivity contribution in [1.82, 2.24) is 4.90 Å². The van der Waals surface area contributed by atoms with E-state index in [1.807, 2.05) is 0 Å². The number of likely N-dealkylation sites (tertiary alicyclic amines) is 1. The van der Waals surface area contributed by atoms with Crippen molar-refractivity contribution < 1.29 is 0 Å². The highest BCUT2D eigenvalue weighted by atomic mass is 15.1. The minimum atomic E-state index is 0.480. The summed E-state index contributed by atoms with van der Waals surface area (Å²) in [6.07, 6.45) is 1.33. The van der Waals surface area contributed by atoms with Gasteiger partial charge in [-0.2, -0.15) is 0 Å². The van der Waals surface area contributed by atoms with Gasteiger partial charge in [-0.05, 0) is 24.3 Å². The molecular formula is C10H22N2. The summed E-state index contributed by atoms with van der Waals surface area (Å²) in [7, 11) is 0. The Morgan fingerprint density at radius 2 is 2.17 bits per heavy atom. The lowest BCUT2D eigenvalue weighted by molar-refractivity contribution is 0.0671. The maximum Gasteiger partial charge on any atom is 0.0105 e. The molecule has 0 aromatic carbocycles. The van der Waals surface area contributed by atoms with E-state index in [1.54, 1.807) is 0 Å². The van der Waals surface area contributed by atoms with Crippen LogP contribution < -0.4 is 5.73 Å². The van der Waals surface area contributed by atoms with Crippen LogP contribution in [0.1, 0.15) is 27.2 Å². The second-order valence-electron chi connectivity index (χ2n) is 4.74. The molecule has 1 aliphatic rings. The maximum atomic E-state index is 5.54. The van der Waals surface area contributed by atoms with Gasteiger partial charge in [-0.25, -0.2) is 0 Å². The lowest BCUT2D eigenvalue weighted by Gasteiger charge is -2.42. The second kappa shape index (κ2) is 3.75. The van der Waals surface area contributed by atoms with Gasteiger partial charge < -0.3 is 10.6 Å². The number of nitrogens with zero attached hydrogens (tertiary/aromatic N) is 1. The minimum absolute atomic E-state index is 0.480. The molecule has 0 spiro atoms. The summed E-state index contributed by atoms with van der Waals surface area (Å²) in [5.41, 5.74) is 6.02. The number of rotatable bonds is 2. The Kier molecular flexibility index (Phi) is 3.13. The van der Waals surface area contributed by atoms with Gasteiger partial charge >= 0.3 is 0 Å². The van der Waals surface area contributed by atoms with E-state index in [9.17, 15) is 0 Å². The Morgan fingerprint density at radius 1 is 1.50 bits per heavy atom.